The molecule has 0 aliphatic heterocycles. The van der Waals surface area contributed by atoms with E-state index in [1.54, 1.807) is 0 Å². The van der Waals surface area contributed by atoms with Gasteiger partial charge in [-0.05, 0) is 43.7 Å². The Morgan fingerprint density at radius 3 is 3.18 bits per heavy atom. The highest BCUT2D eigenvalue weighted by molar-refractivity contribution is 5.50. The summed E-state index contributed by atoms with van der Waals surface area (Å²) in [6, 6.07) is 4.28. The van der Waals surface area contributed by atoms with Crippen molar-refractivity contribution in [2.45, 2.75) is 46.0 Å². The van der Waals surface area contributed by atoms with Gasteiger partial charge in [0.2, 0.25) is 0 Å². The maximum absolute atomic E-state index is 4.81. The van der Waals surface area contributed by atoms with E-state index < -0.39 is 0 Å². The number of aromatic nitrogens is 2. The third-order valence-corrected chi connectivity index (χ3v) is 4.00. The van der Waals surface area contributed by atoms with E-state index >= 15 is 0 Å². The van der Waals surface area contributed by atoms with Gasteiger partial charge in [-0.25, -0.2) is 4.98 Å². The summed E-state index contributed by atoms with van der Waals surface area (Å²) in [6.45, 7) is 4.44. The highest BCUT2D eigenvalue weighted by Crippen LogP contribution is 2.29. The van der Waals surface area contributed by atoms with E-state index in [-0.39, 0.29) is 0 Å². The van der Waals surface area contributed by atoms with Crippen molar-refractivity contribution in [3.63, 3.8) is 0 Å². The number of aryl methyl sites for hydroxylation is 2. The minimum Gasteiger partial charge on any atom is -0.304 e. The van der Waals surface area contributed by atoms with E-state index in [0.717, 1.165) is 11.6 Å². The number of hydrogen-bond acceptors (Lipinski definition) is 1. The van der Waals surface area contributed by atoms with Crippen LogP contribution >= 0.6 is 0 Å². The van der Waals surface area contributed by atoms with Crippen LogP contribution in [-0.4, -0.2) is 9.38 Å². The average Bonchev–Trinajstić information content (AvgIpc) is 2.70. The third kappa shape index (κ3) is 1.76. The SMILES string of the molecule is CCCC1CCc2nc3c(C)cccn3c2C1. The molecule has 1 unspecified atom stereocenters. The maximum Gasteiger partial charge on any atom is 0.140 e. The summed E-state index contributed by atoms with van der Waals surface area (Å²) in [5.74, 6) is 0.868. The Hall–Kier alpha value is -1.31. The minimum atomic E-state index is 0.868. The van der Waals surface area contributed by atoms with E-state index in [2.05, 4.69) is 36.6 Å². The highest BCUT2D eigenvalue weighted by atomic mass is 15.0. The molecule has 90 valence electrons. The van der Waals surface area contributed by atoms with Crippen molar-refractivity contribution in [2.75, 3.05) is 0 Å². The lowest BCUT2D eigenvalue weighted by Crippen LogP contribution is -2.15. The summed E-state index contributed by atoms with van der Waals surface area (Å²) >= 11 is 0. The molecule has 0 saturated carbocycles. The van der Waals surface area contributed by atoms with Gasteiger partial charge in [-0.3, -0.25) is 0 Å². The van der Waals surface area contributed by atoms with Gasteiger partial charge in [-0.1, -0.05) is 25.8 Å². The number of fused-ring (bicyclic) bond motifs is 3. The molecule has 2 heteroatoms. The Balaban J connectivity index is 2.06. The Labute approximate surface area is 103 Å². The molecule has 0 aromatic carbocycles. The van der Waals surface area contributed by atoms with Crippen molar-refractivity contribution in [1.29, 1.82) is 0 Å². The van der Waals surface area contributed by atoms with Crippen LogP contribution in [0.2, 0.25) is 0 Å². The van der Waals surface area contributed by atoms with E-state index in [0.29, 0.717) is 0 Å². The molecule has 0 fully saturated rings. The fourth-order valence-corrected chi connectivity index (χ4v) is 3.09. The molecule has 0 spiro atoms. The lowest BCUT2D eigenvalue weighted by atomic mass is 9.87. The third-order valence-electron chi connectivity index (χ3n) is 4.00. The van der Waals surface area contributed by atoms with Gasteiger partial charge in [-0.15, -0.1) is 0 Å². The predicted octanol–water partition coefficient (Wildman–Crippen LogP) is 3.55. The van der Waals surface area contributed by atoms with Crippen LogP contribution in [0, 0.1) is 12.8 Å². The molecule has 0 saturated heterocycles. The molecule has 1 aliphatic rings. The molecule has 1 atom stereocenters. The zero-order valence-electron chi connectivity index (χ0n) is 10.7. The molecule has 2 aromatic rings. The second-order valence-electron chi connectivity index (χ2n) is 5.29. The van der Waals surface area contributed by atoms with E-state index in [1.165, 1.54) is 49.1 Å². The normalized spacial score (nSPS) is 19.5. The Kier molecular flexibility index (Phi) is 2.65. The zero-order valence-corrected chi connectivity index (χ0v) is 10.7. The van der Waals surface area contributed by atoms with Crippen LogP contribution in [0.25, 0.3) is 5.65 Å². The number of pyridine rings is 1. The maximum atomic E-state index is 4.81. The smallest absolute Gasteiger partial charge is 0.140 e. The van der Waals surface area contributed by atoms with Crippen molar-refractivity contribution in [1.82, 2.24) is 9.38 Å². The second kappa shape index (κ2) is 4.17. The lowest BCUT2D eigenvalue weighted by Gasteiger charge is -2.21. The van der Waals surface area contributed by atoms with Gasteiger partial charge in [0.15, 0.2) is 0 Å². The molecule has 17 heavy (non-hydrogen) atoms. The zero-order chi connectivity index (χ0) is 11.8. The largest absolute Gasteiger partial charge is 0.304 e. The summed E-state index contributed by atoms with van der Waals surface area (Å²) in [5, 5.41) is 0. The summed E-state index contributed by atoms with van der Waals surface area (Å²) in [6.07, 6.45) is 8.54. The molecule has 0 N–H and O–H groups in total. The van der Waals surface area contributed by atoms with Crippen molar-refractivity contribution in [3.8, 4) is 0 Å². The van der Waals surface area contributed by atoms with Gasteiger partial charge >= 0.3 is 0 Å². The lowest BCUT2D eigenvalue weighted by molar-refractivity contribution is 0.414. The van der Waals surface area contributed by atoms with Gasteiger partial charge in [0.05, 0.1) is 5.69 Å². The van der Waals surface area contributed by atoms with Crippen LogP contribution < -0.4 is 0 Å². The topological polar surface area (TPSA) is 17.3 Å². The monoisotopic (exact) mass is 228 g/mol. The predicted molar refractivity (Wildman–Crippen MR) is 70.4 cm³/mol. The van der Waals surface area contributed by atoms with Crippen LogP contribution in [0.5, 0.6) is 0 Å². The summed E-state index contributed by atoms with van der Waals surface area (Å²) in [4.78, 5) is 4.81. The summed E-state index contributed by atoms with van der Waals surface area (Å²) < 4.78 is 2.31. The van der Waals surface area contributed by atoms with Crippen LogP contribution in [-0.2, 0) is 12.8 Å². The van der Waals surface area contributed by atoms with Crippen LogP contribution in [0.15, 0.2) is 18.3 Å². The van der Waals surface area contributed by atoms with Gasteiger partial charge in [0.1, 0.15) is 5.65 Å². The molecule has 0 bridgehead atoms. The first-order valence-electron chi connectivity index (χ1n) is 6.75. The van der Waals surface area contributed by atoms with Gasteiger partial charge in [-0.2, -0.15) is 0 Å². The number of imidazole rings is 1. The Morgan fingerprint density at radius 2 is 2.35 bits per heavy atom. The molecular formula is C15H20N2. The highest BCUT2D eigenvalue weighted by Gasteiger charge is 2.22. The Bertz CT molecular complexity index is 539. The molecule has 1 aliphatic carbocycles. The molecule has 2 aromatic heterocycles. The molecule has 2 nitrogen and oxygen atoms in total. The number of nitrogens with zero attached hydrogens (tertiary/aromatic N) is 2. The van der Waals surface area contributed by atoms with Crippen LogP contribution in [0.1, 0.15) is 43.1 Å². The molecule has 0 amide bonds. The minimum absolute atomic E-state index is 0.868. The van der Waals surface area contributed by atoms with E-state index in [9.17, 15) is 0 Å². The first-order chi connectivity index (χ1) is 8.29. The summed E-state index contributed by atoms with van der Waals surface area (Å²) in [7, 11) is 0. The fraction of sp³-hybridized carbons (Fsp3) is 0.533. The summed E-state index contributed by atoms with van der Waals surface area (Å²) in [5.41, 5.74) is 5.25. The Morgan fingerprint density at radius 1 is 1.47 bits per heavy atom. The van der Waals surface area contributed by atoms with Gasteiger partial charge in [0.25, 0.3) is 0 Å². The molecule has 0 radical (unpaired) electrons. The van der Waals surface area contributed by atoms with Gasteiger partial charge < -0.3 is 4.40 Å². The van der Waals surface area contributed by atoms with E-state index in [4.69, 9.17) is 4.98 Å². The second-order valence-corrected chi connectivity index (χ2v) is 5.29. The first-order valence-corrected chi connectivity index (χ1v) is 6.75. The first kappa shape index (κ1) is 10.8. The van der Waals surface area contributed by atoms with Crippen LogP contribution in [0.3, 0.4) is 0 Å². The van der Waals surface area contributed by atoms with Crippen molar-refractivity contribution < 1.29 is 0 Å². The standard InChI is InChI=1S/C15H20N2/c1-3-5-12-7-8-13-14(10-12)17-9-4-6-11(2)15(17)16-13/h4,6,9,12H,3,5,7-8,10H2,1-2H3. The average molecular weight is 228 g/mol. The van der Waals surface area contributed by atoms with Crippen molar-refractivity contribution in [2.24, 2.45) is 5.92 Å². The van der Waals surface area contributed by atoms with Crippen LogP contribution in [0.4, 0.5) is 0 Å². The van der Waals surface area contributed by atoms with Gasteiger partial charge in [0, 0.05) is 11.9 Å². The number of rotatable bonds is 2. The quantitative estimate of drug-likeness (QED) is 0.768. The van der Waals surface area contributed by atoms with Crippen molar-refractivity contribution >= 4 is 5.65 Å². The fourth-order valence-electron chi connectivity index (χ4n) is 3.09. The number of hydrogen-bond donors (Lipinski definition) is 0. The van der Waals surface area contributed by atoms with Crippen molar-refractivity contribution in [3.05, 3.63) is 35.3 Å². The van der Waals surface area contributed by atoms with E-state index in [1.807, 2.05) is 0 Å². The molecule has 2 heterocycles. The molecular weight excluding hydrogens is 208 g/mol. The molecule has 3 rings (SSSR count).